The minimum Gasteiger partial charge on any atom is -0.452 e. The summed E-state index contributed by atoms with van der Waals surface area (Å²) >= 11 is 0. The summed E-state index contributed by atoms with van der Waals surface area (Å²) in [5.41, 5.74) is 0.227. The zero-order chi connectivity index (χ0) is 22.3. The van der Waals surface area contributed by atoms with E-state index < -0.39 is 16.0 Å². The minimum absolute atomic E-state index is 0.147. The van der Waals surface area contributed by atoms with Crippen LogP contribution >= 0.6 is 0 Å². The number of esters is 1. The topological polar surface area (TPSA) is 92.8 Å². The second-order valence-corrected chi connectivity index (χ2v) is 10.7. The molecule has 1 aliphatic heterocycles. The highest BCUT2D eigenvalue weighted by molar-refractivity contribution is 7.89. The van der Waals surface area contributed by atoms with E-state index in [0.29, 0.717) is 19.0 Å². The summed E-state index contributed by atoms with van der Waals surface area (Å²) in [6, 6.07) is 5.88. The number of ether oxygens (including phenoxy) is 1. The van der Waals surface area contributed by atoms with E-state index in [1.165, 1.54) is 47.8 Å². The Morgan fingerprint density at radius 1 is 0.968 bits per heavy atom. The normalized spacial score (nSPS) is 19.9. The first-order chi connectivity index (χ1) is 14.9. The first-order valence-corrected chi connectivity index (χ1v) is 12.9. The smallest absolute Gasteiger partial charge is 0.338 e. The van der Waals surface area contributed by atoms with Crippen LogP contribution in [0.15, 0.2) is 29.2 Å². The van der Waals surface area contributed by atoms with Crippen LogP contribution in [0.1, 0.15) is 75.1 Å². The Bertz CT molecular complexity index is 837. The molecule has 0 bridgehead atoms. The van der Waals surface area contributed by atoms with Crippen LogP contribution in [0.25, 0.3) is 0 Å². The molecule has 1 saturated carbocycles. The SMILES string of the molecule is CC1CCN(S(=O)(=O)c2ccc(C(=O)OCC(=O)NC3CCCCCCC3)cc2)CC1. The number of nitrogens with zero attached hydrogens (tertiary/aromatic N) is 1. The lowest BCUT2D eigenvalue weighted by Crippen LogP contribution is -2.38. The predicted octanol–water partition coefficient (Wildman–Crippen LogP) is 3.49. The molecule has 0 atom stereocenters. The number of carbonyl (C=O) groups is 2. The molecule has 0 unspecified atom stereocenters. The van der Waals surface area contributed by atoms with Gasteiger partial charge in [-0.15, -0.1) is 0 Å². The summed E-state index contributed by atoms with van der Waals surface area (Å²) in [6.07, 6.45) is 9.51. The molecule has 0 spiro atoms. The van der Waals surface area contributed by atoms with Gasteiger partial charge < -0.3 is 10.1 Å². The second-order valence-electron chi connectivity index (χ2n) is 8.80. The highest BCUT2D eigenvalue weighted by atomic mass is 32.2. The molecule has 1 aliphatic carbocycles. The Labute approximate surface area is 185 Å². The summed E-state index contributed by atoms with van der Waals surface area (Å²) in [6.45, 7) is 2.83. The maximum atomic E-state index is 12.8. The number of piperidine rings is 1. The van der Waals surface area contributed by atoms with Gasteiger partial charge in [-0.25, -0.2) is 13.2 Å². The van der Waals surface area contributed by atoms with Crippen LogP contribution in [-0.2, 0) is 19.6 Å². The lowest BCUT2D eigenvalue weighted by atomic mass is 9.97. The fourth-order valence-corrected chi connectivity index (χ4v) is 5.69. The Balaban J connectivity index is 1.50. The molecule has 1 N–H and O–H groups in total. The van der Waals surface area contributed by atoms with Crippen LogP contribution in [0.4, 0.5) is 0 Å². The fraction of sp³-hybridized carbons (Fsp3) is 0.652. The maximum absolute atomic E-state index is 12.8. The Morgan fingerprint density at radius 2 is 1.55 bits per heavy atom. The fourth-order valence-electron chi connectivity index (χ4n) is 4.22. The Morgan fingerprint density at radius 3 is 2.16 bits per heavy atom. The van der Waals surface area contributed by atoms with E-state index >= 15 is 0 Å². The molecule has 0 radical (unpaired) electrons. The molecule has 0 aromatic heterocycles. The molecule has 1 heterocycles. The van der Waals surface area contributed by atoms with Crippen LogP contribution in [0.3, 0.4) is 0 Å². The van der Waals surface area contributed by atoms with Crippen molar-refractivity contribution in [2.24, 2.45) is 5.92 Å². The largest absolute Gasteiger partial charge is 0.452 e. The van der Waals surface area contributed by atoms with E-state index in [-0.39, 0.29) is 29.0 Å². The number of sulfonamides is 1. The highest BCUT2D eigenvalue weighted by Gasteiger charge is 2.28. The second kappa shape index (κ2) is 11.1. The minimum atomic E-state index is -3.56. The summed E-state index contributed by atoms with van der Waals surface area (Å²) in [7, 11) is -3.56. The maximum Gasteiger partial charge on any atom is 0.338 e. The first kappa shape index (κ1) is 23.7. The third-order valence-electron chi connectivity index (χ3n) is 6.28. The van der Waals surface area contributed by atoms with Crippen molar-refractivity contribution in [1.29, 1.82) is 0 Å². The van der Waals surface area contributed by atoms with Crippen molar-refractivity contribution >= 4 is 21.9 Å². The highest BCUT2D eigenvalue weighted by Crippen LogP contribution is 2.23. The summed E-state index contributed by atoms with van der Waals surface area (Å²) in [5.74, 6) is -0.395. The van der Waals surface area contributed by atoms with Gasteiger partial charge in [-0.2, -0.15) is 4.31 Å². The third-order valence-corrected chi connectivity index (χ3v) is 8.19. The molecule has 3 rings (SSSR count). The van der Waals surface area contributed by atoms with Gasteiger partial charge in [-0.1, -0.05) is 39.0 Å². The molecule has 8 heteroatoms. The number of amides is 1. The van der Waals surface area contributed by atoms with Crippen molar-refractivity contribution in [3.8, 4) is 0 Å². The monoisotopic (exact) mass is 450 g/mol. The molecule has 7 nitrogen and oxygen atoms in total. The van der Waals surface area contributed by atoms with E-state index in [2.05, 4.69) is 12.2 Å². The Hall–Kier alpha value is -1.93. The summed E-state index contributed by atoms with van der Waals surface area (Å²) in [4.78, 5) is 24.6. The molecule has 1 amide bonds. The average Bonchev–Trinajstić information content (AvgIpc) is 2.74. The van der Waals surface area contributed by atoms with Crippen LogP contribution in [0.5, 0.6) is 0 Å². The molecule has 172 valence electrons. The van der Waals surface area contributed by atoms with E-state index in [4.69, 9.17) is 4.74 Å². The lowest BCUT2D eigenvalue weighted by Gasteiger charge is -2.29. The quantitative estimate of drug-likeness (QED) is 0.670. The number of hydrogen-bond acceptors (Lipinski definition) is 5. The molecule has 1 aromatic rings. The predicted molar refractivity (Wildman–Crippen MR) is 118 cm³/mol. The van der Waals surface area contributed by atoms with Crippen molar-refractivity contribution in [3.63, 3.8) is 0 Å². The molecular formula is C23H34N2O5S. The van der Waals surface area contributed by atoms with Crippen molar-refractivity contribution in [1.82, 2.24) is 9.62 Å². The summed E-state index contributed by atoms with van der Waals surface area (Å²) < 4.78 is 32.2. The number of carbonyl (C=O) groups excluding carboxylic acids is 2. The van der Waals surface area contributed by atoms with Gasteiger partial charge in [0.15, 0.2) is 6.61 Å². The molecule has 2 fully saturated rings. The standard InChI is InChI=1S/C23H34N2O5S/c1-18-13-15-25(16-14-18)31(28,29)21-11-9-19(10-12-21)23(27)30-17-22(26)24-20-7-5-3-2-4-6-8-20/h9-12,18,20H,2-8,13-17H2,1H3,(H,24,26). The van der Waals surface area contributed by atoms with E-state index in [0.717, 1.165) is 38.5 Å². The number of rotatable bonds is 6. The van der Waals surface area contributed by atoms with Crippen molar-refractivity contribution in [3.05, 3.63) is 29.8 Å². The van der Waals surface area contributed by atoms with Gasteiger partial charge in [0.1, 0.15) is 0 Å². The average molecular weight is 451 g/mol. The molecule has 1 saturated heterocycles. The van der Waals surface area contributed by atoms with Gasteiger partial charge in [0.25, 0.3) is 5.91 Å². The van der Waals surface area contributed by atoms with Gasteiger partial charge in [-0.05, 0) is 55.9 Å². The van der Waals surface area contributed by atoms with Crippen LogP contribution in [-0.4, -0.2) is 50.3 Å². The van der Waals surface area contributed by atoms with Crippen molar-refractivity contribution in [2.75, 3.05) is 19.7 Å². The first-order valence-electron chi connectivity index (χ1n) is 11.4. The number of benzene rings is 1. The lowest BCUT2D eigenvalue weighted by molar-refractivity contribution is -0.125. The molecular weight excluding hydrogens is 416 g/mol. The van der Waals surface area contributed by atoms with Crippen LogP contribution in [0.2, 0.25) is 0 Å². The third kappa shape index (κ3) is 6.77. The van der Waals surface area contributed by atoms with Crippen LogP contribution < -0.4 is 5.32 Å². The number of nitrogens with one attached hydrogen (secondary N) is 1. The van der Waals surface area contributed by atoms with Gasteiger partial charge in [0, 0.05) is 19.1 Å². The van der Waals surface area contributed by atoms with Crippen LogP contribution in [0, 0.1) is 5.92 Å². The van der Waals surface area contributed by atoms with E-state index in [9.17, 15) is 18.0 Å². The van der Waals surface area contributed by atoms with Gasteiger partial charge in [0.05, 0.1) is 10.5 Å². The van der Waals surface area contributed by atoms with E-state index in [1.807, 2.05) is 0 Å². The Kier molecular flexibility index (Phi) is 8.49. The zero-order valence-electron chi connectivity index (χ0n) is 18.3. The van der Waals surface area contributed by atoms with Crippen molar-refractivity contribution in [2.45, 2.75) is 75.6 Å². The van der Waals surface area contributed by atoms with Crippen molar-refractivity contribution < 1.29 is 22.7 Å². The van der Waals surface area contributed by atoms with Gasteiger partial charge in [-0.3, -0.25) is 4.79 Å². The van der Waals surface area contributed by atoms with Gasteiger partial charge >= 0.3 is 5.97 Å². The van der Waals surface area contributed by atoms with E-state index in [1.54, 1.807) is 0 Å². The summed E-state index contributed by atoms with van der Waals surface area (Å²) in [5, 5.41) is 2.96. The van der Waals surface area contributed by atoms with Gasteiger partial charge in [0.2, 0.25) is 10.0 Å². The zero-order valence-corrected chi connectivity index (χ0v) is 19.2. The number of hydrogen-bond donors (Lipinski definition) is 1. The molecule has 2 aliphatic rings. The molecule has 1 aromatic carbocycles. The molecule has 31 heavy (non-hydrogen) atoms.